The van der Waals surface area contributed by atoms with Crippen LogP contribution in [0.25, 0.3) is 0 Å². The Balaban J connectivity index is 1.47. The van der Waals surface area contributed by atoms with Crippen LogP contribution in [-0.2, 0) is 4.79 Å². The normalized spacial score (nSPS) is 13.8. The molecule has 0 bridgehead atoms. The highest BCUT2D eigenvalue weighted by molar-refractivity contribution is 5.97. The Labute approximate surface area is 183 Å². The van der Waals surface area contributed by atoms with Gasteiger partial charge in [0.2, 0.25) is 5.91 Å². The van der Waals surface area contributed by atoms with E-state index >= 15 is 0 Å². The van der Waals surface area contributed by atoms with Gasteiger partial charge >= 0.3 is 0 Å². The molecule has 2 aromatic carbocycles. The summed E-state index contributed by atoms with van der Waals surface area (Å²) in [6.45, 7) is 4.17. The minimum absolute atomic E-state index is 0.0715. The van der Waals surface area contributed by atoms with Gasteiger partial charge in [-0.3, -0.25) is 14.4 Å². The van der Waals surface area contributed by atoms with Gasteiger partial charge in [0.05, 0.1) is 6.54 Å². The van der Waals surface area contributed by atoms with E-state index in [0.29, 0.717) is 23.4 Å². The number of hydrogen-bond donors (Lipinski definition) is 3. The summed E-state index contributed by atoms with van der Waals surface area (Å²) in [6.07, 6.45) is 4.50. The number of benzene rings is 2. The molecule has 0 atom stereocenters. The summed E-state index contributed by atoms with van der Waals surface area (Å²) < 4.78 is 0. The highest BCUT2D eigenvalue weighted by Gasteiger charge is 2.17. The topological polar surface area (TPSA) is 90.5 Å². The summed E-state index contributed by atoms with van der Waals surface area (Å²) in [5.74, 6) is -0.266. The molecule has 7 heteroatoms. The van der Waals surface area contributed by atoms with Crippen LogP contribution < -0.4 is 16.0 Å². The molecule has 1 heterocycles. The molecule has 164 valence electrons. The molecule has 0 saturated carbocycles. The van der Waals surface area contributed by atoms with Crippen molar-refractivity contribution in [1.82, 2.24) is 10.2 Å². The zero-order valence-corrected chi connectivity index (χ0v) is 17.9. The number of carbonyl (C=O) groups is 3. The number of rotatable bonds is 7. The van der Waals surface area contributed by atoms with Gasteiger partial charge in [0, 0.05) is 42.1 Å². The molecule has 0 spiro atoms. The molecule has 0 aliphatic carbocycles. The lowest BCUT2D eigenvalue weighted by molar-refractivity contribution is -0.114. The van der Waals surface area contributed by atoms with E-state index in [4.69, 9.17) is 0 Å². The summed E-state index contributed by atoms with van der Waals surface area (Å²) in [4.78, 5) is 38.6. The van der Waals surface area contributed by atoms with Crippen LogP contribution in [0.15, 0.2) is 48.5 Å². The first-order valence-electron chi connectivity index (χ1n) is 10.9. The van der Waals surface area contributed by atoms with E-state index in [1.54, 1.807) is 36.4 Å². The van der Waals surface area contributed by atoms with Crippen LogP contribution >= 0.6 is 0 Å². The Kier molecular flexibility index (Phi) is 8.04. The Morgan fingerprint density at radius 2 is 1.39 bits per heavy atom. The summed E-state index contributed by atoms with van der Waals surface area (Å²) in [5.41, 5.74) is 2.62. The number of hydrogen-bond acceptors (Lipinski definition) is 4. The predicted molar refractivity (Wildman–Crippen MR) is 122 cm³/mol. The van der Waals surface area contributed by atoms with E-state index in [-0.39, 0.29) is 24.3 Å². The first-order chi connectivity index (χ1) is 15.1. The SMILES string of the molecule is CCNC(=O)c1ccc(NC(=O)CNc2ccc(C(=O)N3CCCCCC3)cc2)cc1. The zero-order valence-electron chi connectivity index (χ0n) is 17.9. The third kappa shape index (κ3) is 6.57. The first-order valence-corrected chi connectivity index (χ1v) is 10.9. The molecular weight excluding hydrogens is 392 g/mol. The fraction of sp³-hybridized carbons (Fsp3) is 0.375. The van der Waals surface area contributed by atoms with E-state index in [1.165, 1.54) is 12.8 Å². The van der Waals surface area contributed by atoms with Gasteiger partial charge in [0.1, 0.15) is 0 Å². The second-order valence-corrected chi connectivity index (χ2v) is 7.62. The number of amides is 3. The minimum Gasteiger partial charge on any atom is -0.376 e. The van der Waals surface area contributed by atoms with Crippen molar-refractivity contribution in [3.63, 3.8) is 0 Å². The maximum Gasteiger partial charge on any atom is 0.253 e. The van der Waals surface area contributed by atoms with E-state index in [2.05, 4.69) is 16.0 Å². The standard InChI is InChI=1S/C24H30N4O3/c1-2-25-23(30)18-7-13-21(14-8-18)27-22(29)17-26-20-11-9-19(10-12-20)24(31)28-15-5-3-4-6-16-28/h7-14,26H,2-6,15-17H2,1H3,(H,25,30)(H,27,29). The summed E-state index contributed by atoms with van der Waals surface area (Å²) >= 11 is 0. The number of anilines is 2. The van der Waals surface area contributed by atoms with Crippen molar-refractivity contribution in [3.05, 3.63) is 59.7 Å². The summed E-state index contributed by atoms with van der Waals surface area (Å²) in [5, 5.41) is 8.59. The quantitative estimate of drug-likeness (QED) is 0.637. The van der Waals surface area contributed by atoms with Crippen molar-refractivity contribution in [1.29, 1.82) is 0 Å². The first kappa shape index (κ1) is 22.3. The van der Waals surface area contributed by atoms with Gasteiger partial charge in [-0.2, -0.15) is 0 Å². The molecule has 1 saturated heterocycles. The number of likely N-dealkylation sites (tertiary alicyclic amines) is 1. The van der Waals surface area contributed by atoms with Gasteiger partial charge in [-0.25, -0.2) is 0 Å². The van der Waals surface area contributed by atoms with Crippen molar-refractivity contribution >= 4 is 29.1 Å². The fourth-order valence-corrected chi connectivity index (χ4v) is 3.54. The maximum atomic E-state index is 12.7. The molecule has 1 aliphatic rings. The Bertz CT molecular complexity index is 886. The third-order valence-corrected chi connectivity index (χ3v) is 5.25. The van der Waals surface area contributed by atoms with Gasteiger partial charge < -0.3 is 20.9 Å². The Hall–Kier alpha value is -3.35. The molecule has 1 aliphatic heterocycles. The minimum atomic E-state index is -0.199. The second-order valence-electron chi connectivity index (χ2n) is 7.62. The number of nitrogens with zero attached hydrogens (tertiary/aromatic N) is 1. The van der Waals surface area contributed by atoms with Crippen molar-refractivity contribution in [2.75, 3.05) is 36.8 Å². The van der Waals surface area contributed by atoms with E-state index in [9.17, 15) is 14.4 Å². The van der Waals surface area contributed by atoms with Crippen molar-refractivity contribution in [3.8, 4) is 0 Å². The molecule has 3 rings (SSSR count). The number of carbonyl (C=O) groups excluding carboxylic acids is 3. The highest BCUT2D eigenvalue weighted by Crippen LogP contribution is 2.16. The zero-order chi connectivity index (χ0) is 22.1. The molecule has 0 aromatic heterocycles. The van der Waals surface area contributed by atoms with E-state index < -0.39 is 0 Å². The van der Waals surface area contributed by atoms with Gasteiger partial charge in [-0.05, 0) is 68.3 Å². The van der Waals surface area contributed by atoms with Crippen LogP contribution in [0.1, 0.15) is 53.3 Å². The van der Waals surface area contributed by atoms with Crippen LogP contribution in [0.5, 0.6) is 0 Å². The largest absolute Gasteiger partial charge is 0.376 e. The van der Waals surface area contributed by atoms with Crippen LogP contribution in [0.3, 0.4) is 0 Å². The molecule has 2 aromatic rings. The van der Waals surface area contributed by atoms with E-state index in [1.807, 2.05) is 24.0 Å². The van der Waals surface area contributed by atoms with Crippen molar-refractivity contribution < 1.29 is 14.4 Å². The lowest BCUT2D eigenvalue weighted by Crippen LogP contribution is -2.31. The summed E-state index contributed by atoms with van der Waals surface area (Å²) in [7, 11) is 0. The molecule has 31 heavy (non-hydrogen) atoms. The van der Waals surface area contributed by atoms with Crippen LogP contribution in [0.4, 0.5) is 11.4 Å². The second kappa shape index (κ2) is 11.2. The average Bonchev–Trinajstić information content (AvgIpc) is 3.08. The van der Waals surface area contributed by atoms with Crippen LogP contribution in [-0.4, -0.2) is 48.8 Å². The predicted octanol–water partition coefficient (Wildman–Crippen LogP) is 3.50. The van der Waals surface area contributed by atoms with Crippen LogP contribution in [0.2, 0.25) is 0 Å². The smallest absolute Gasteiger partial charge is 0.253 e. The molecular formula is C24H30N4O3. The van der Waals surface area contributed by atoms with Gasteiger partial charge in [-0.15, -0.1) is 0 Å². The third-order valence-electron chi connectivity index (χ3n) is 5.25. The van der Waals surface area contributed by atoms with Crippen molar-refractivity contribution in [2.45, 2.75) is 32.6 Å². The lowest BCUT2D eigenvalue weighted by atomic mass is 10.1. The number of nitrogens with one attached hydrogen (secondary N) is 3. The van der Waals surface area contributed by atoms with Gasteiger partial charge in [0.15, 0.2) is 0 Å². The van der Waals surface area contributed by atoms with Gasteiger partial charge in [-0.1, -0.05) is 12.8 Å². The fourth-order valence-electron chi connectivity index (χ4n) is 3.54. The molecule has 0 radical (unpaired) electrons. The molecule has 7 nitrogen and oxygen atoms in total. The van der Waals surface area contributed by atoms with Crippen LogP contribution in [0, 0.1) is 0 Å². The van der Waals surface area contributed by atoms with E-state index in [0.717, 1.165) is 31.6 Å². The Morgan fingerprint density at radius 3 is 2.00 bits per heavy atom. The Morgan fingerprint density at radius 1 is 0.806 bits per heavy atom. The maximum absolute atomic E-state index is 12.7. The monoisotopic (exact) mass is 422 g/mol. The molecule has 3 amide bonds. The molecule has 1 fully saturated rings. The molecule has 0 unspecified atom stereocenters. The van der Waals surface area contributed by atoms with Crippen molar-refractivity contribution in [2.24, 2.45) is 0 Å². The molecule has 3 N–H and O–H groups in total. The average molecular weight is 423 g/mol. The lowest BCUT2D eigenvalue weighted by Gasteiger charge is -2.20. The summed E-state index contributed by atoms with van der Waals surface area (Å²) in [6, 6.07) is 14.0. The van der Waals surface area contributed by atoms with Gasteiger partial charge in [0.25, 0.3) is 11.8 Å². The highest BCUT2D eigenvalue weighted by atomic mass is 16.2.